The highest BCUT2D eigenvalue weighted by Crippen LogP contribution is 2.09. The number of hydrogen-bond acceptors (Lipinski definition) is 3. The Morgan fingerprint density at radius 2 is 1.91 bits per heavy atom. The molecule has 0 unspecified atom stereocenters. The minimum atomic E-state index is 0.443. The van der Waals surface area contributed by atoms with Crippen molar-refractivity contribution in [1.29, 1.82) is 0 Å². The van der Waals surface area contributed by atoms with Gasteiger partial charge in [-0.1, -0.05) is 11.6 Å². The molecule has 4 heteroatoms. The lowest BCUT2D eigenvalue weighted by atomic mass is 10.4. The molecule has 0 aliphatic rings. The van der Waals surface area contributed by atoms with Crippen LogP contribution in [0, 0.1) is 0 Å². The van der Waals surface area contributed by atoms with Gasteiger partial charge in [0.2, 0.25) is 0 Å². The lowest BCUT2D eigenvalue weighted by Gasteiger charge is -1.92. The largest absolute Gasteiger partial charge is 0.251 e. The van der Waals surface area contributed by atoms with Gasteiger partial charge in [0.25, 0.3) is 0 Å². The molecule has 2 heterocycles. The van der Waals surface area contributed by atoms with Crippen molar-refractivity contribution in [2.24, 2.45) is 0 Å². The molecule has 0 saturated heterocycles. The van der Waals surface area contributed by atoms with E-state index in [1.807, 2.05) is 0 Å². The Labute approximate surface area is 68.1 Å². The zero-order chi connectivity index (χ0) is 7.68. The van der Waals surface area contributed by atoms with Crippen molar-refractivity contribution in [3.8, 4) is 0 Å². The average Bonchev–Trinajstić information content (AvgIpc) is 2.04. The highest BCUT2D eigenvalue weighted by Gasteiger charge is 1.95. The fourth-order valence-electron chi connectivity index (χ4n) is 0.831. The Bertz CT molecular complexity index is 388. The number of rotatable bonds is 0. The van der Waals surface area contributed by atoms with E-state index in [4.69, 9.17) is 11.6 Å². The van der Waals surface area contributed by atoms with E-state index in [2.05, 4.69) is 15.0 Å². The first-order valence-electron chi connectivity index (χ1n) is 3.09. The Balaban J connectivity index is 2.83. The zero-order valence-electron chi connectivity index (χ0n) is 5.53. The van der Waals surface area contributed by atoms with E-state index in [0.29, 0.717) is 10.8 Å². The SMILES string of the molecule is Clc1ccc2nccnc2n1. The van der Waals surface area contributed by atoms with Gasteiger partial charge in [0.05, 0.1) is 0 Å². The molecule has 3 nitrogen and oxygen atoms in total. The van der Waals surface area contributed by atoms with E-state index in [-0.39, 0.29) is 0 Å². The summed E-state index contributed by atoms with van der Waals surface area (Å²) >= 11 is 5.64. The molecule has 2 aromatic heterocycles. The van der Waals surface area contributed by atoms with Gasteiger partial charge in [-0.05, 0) is 12.1 Å². The lowest BCUT2D eigenvalue weighted by Crippen LogP contribution is -1.85. The van der Waals surface area contributed by atoms with Crippen molar-refractivity contribution in [3.05, 3.63) is 29.7 Å². The van der Waals surface area contributed by atoms with E-state index in [0.717, 1.165) is 5.52 Å². The summed E-state index contributed by atoms with van der Waals surface area (Å²) in [6, 6.07) is 3.48. The molecule has 0 aliphatic heterocycles. The van der Waals surface area contributed by atoms with Gasteiger partial charge in [-0.2, -0.15) is 0 Å². The monoisotopic (exact) mass is 165 g/mol. The van der Waals surface area contributed by atoms with Gasteiger partial charge in [0.1, 0.15) is 10.7 Å². The quantitative estimate of drug-likeness (QED) is 0.558. The standard InChI is InChI=1S/C7H4ClN3/c8-6-2-1-5-7(11-6)10-4-3-9-5/h1-4H. The van der Waals surface area contributed by atoms with Crippen LogP contribution in [-0.4, -0.2) is 15.0 Å². The van der Waals surface area contributed by atoms with Gasteiger partial charge < -0.3 is 0 Å². The Morgan fingerprint density at radius 1 is 1.09 bits per heavy atom. The highest BCUT2D eigenvalue weighted by atomic mass is 35.5. The maximum Gasteiger partial charge on any atom is 0.179 e. The molecule has 0 N–H and O–H groups in total. The first-order valence-corrected chi connectivity index (χ1v) is 3.47. The molecular formula is C7H4ClN3. The minimum absolute atomic E-state index is 0.443. The number of fused-ring (bicyclic) bond motifs is 1. The van der Waals surface area contributed by atoms with Crippen LogP contribution < -0.4 is 0 Å². The summed E-state index contributed by atoms with van der Waals surface area (Å²) < 4.78 is 0. The van der Waals surface area contributed by atoms with Gasteiger partial charge in [0.15, 0.2) is 5.65 Å². The summed E-state index contributed by atoms with van der Waals surface area (Å²) in [7, 11) is 0. The van der Waals surface area contributed by atoms with Gasteiger partial charge >= 0.3 is 0 Å². The van der Waals surface area contributed by atoms with Crippen molar-refractivity contribution in [3.63, 3.8) is 0 Å². The van der Waals surface area contributed by atoms with Crippen LogP contribution in [0.3, 0.4) is 0 Å². The molecule has 0 saturated carbocycles. The van der Waals surface area contributed by atoms with Crippen LogP contribution in [0.2, 0.25) is 5.15 Å². The van der Waals surface area contributed by atoms with Gasteiger partial charge in [-0.3, -0.25) is 4.98 Å². The van der Waals surface area contributed by atoms with E-state index < -0.39 is 0 Å². The van der Waals surface area contributed by atoms with Crippen LogP contribution in [0.1, 0.15) is 0 Å². The predicted octanol–water partition coefficient (Wildman–Crippen LogP) is 1.68. The number of nitrogens with zero attached hydrogens (tertiary/aromatic N) is 3. The van der Waals surface area contributed by atoms with Crippen molar-refractivity contribution < 1.29 is 0 Å². The second-order valence-corrected chi connectivity index (χ2v) is 2.42. The van der Waals surface area contributed by atoms with Crippen LogP contribution in [0.5, 0.6) is 0 Å². The molecule has 0 aliphatic carbocycles. The fourth-order valence-corrected chi connectivity index (χ4v) is 0.974. The molecular weight excluding hydrogens is 162 g/mol. The summed E-state index contributed by atoms with van der Waals surface area (Å²) in [5, 5.41) is 0.443. The number of hydrogen-bond donors (Lipinski definition) is 0. The third-order valence-electron chi connectivity index (χ3n) is 1.30. The molecule has 11 heavy (non-hydrogen) atoms. The molecule has 0 amide bonds. The second kappa shape index (κ2) is 2.43. The third kappa shape index (κ3) is 1.14. The van der Waals surface area contributed by atoms with Gasteiger partial charge in [-0.15, -0.1) is 0 Å². The normalized spacial score (nSPS) is 10.3. The van der Waals surface area contributed by atoms with E-state index >= 15 is 0 Å². The molecule has 0 atom stereocenters. The summed E-state index contributed by atoms with van der Waals surface area (Å²) in [4.78, 5) is 12.0. The Morgan fingerprint density at radius 3 is 2.82 bits per heavy atom. The van der Waals surface area contributed by atoms with Gasteiger partial charge in [0, 0.05) is 12.4 Å². The molecule has 0 radical (unpaired) electrons. The summed E-state index contributed by atoms with van der Waals surface area (Å²) in [5.41, 5.74) is 1.34. The highest BCUT2D eigenvalue weighted by molar-refractivity contribution is 6.29. The predicted molar refractivity (Wildman–Crippen MR) is 42.3 cm³/mol. The lowest BCUT2D eigenvalue weighted by molar-refractivity contribution is 1.22. The van der Waals surface area contributed by atoms with Crippen LogP contribution in [0.25, 0.3) is 11.2 Å². The maximum atomic E-state index is 5.64. The molecule has 0 aromatic carbocycles. The first kappa shape index (κ1) is 6.49. The minimum Gasteiger partial charge on any atom is -0.251 e. The Kier molecular flexibility index (Phi) is 1.43. The molecule has 0 spiro atoms. The topological polar surface area (TPSA) is 38.7 Å². The van der Waals surface area contributed by atoms with Crippen LogP contribution >= 0.6 is 11.6 Å². The molecule has 2 rings (SSSR count). The van der Waals surface area contributed by atoms with Crippen LogP contribution in [0.15, 0.2) is 24.5 Å². The van der Waals surface area contributed by atoms with Crippen molar-refractivity contribution in [1.82, 2.24) is 15.0 Å². The average molecular weight is 166 g/mol. The van der Waals surface area contributed by atoms with E-state index in [9.17, 15) is 0 Å². The summed E-state index contributed by atoms with van der Waals surface area (Å²) in [6.45, 7) is 0. The zero-order valence-corrected chi connectivity index (χ0v) is 6.28. The summed E-state index contributed by atoms with van der Waals surface area (Å²) in [6.07, 6.45) is 3.21. The van der Waals surface area contributed by atoms with Gasteiger partial charge in [-0.25, -0.2) is 9.97 Å². The fraction of sp³-hybridized carbons (Fsp3) is 0. The number of pyridine rings is 1. The van der Waals surface area contributed by atoms with E-state index in [1.165, 1.54) is 0 Å². The van der Waals surface area contributed by atoms with Crippen molar-refractivity contribution in [2.45, 2.75) is 0 Å². The smallest absolute Gasteiger partial charge is 0.179 e. The third-order valence-corrected chi connectivity index (χ3v) is 1.51. The van der Waals surface area contributed by atoms with Crippen LogP contribution in [-0.2, 0) is 0 Å². The van der Waals surface area contributed by atoms with Crippen molar-refractivity contribution >= 4 is 22.8 Å². The maximum absolute atomic E-state index is 5.64. The molecule has 0 bridgehead atoms. The Hall–Kier alpha value is -1.22. The van der Waals surface area contributed by atoms with Crippen molar-refractivity contribution in [2.75, 3.05) is 0 Å². The molecule has 54 valence electrons. The first-order chi connectivity index (χ1) is 5.36. The number of aromatic nitrogens is 3. The van der Waals surface area contributed by atoms with E-state index in [1.54, 1.807) is 24.5 Å². The molecule has 0 fully saturated rings. The second-order valence-electron chi connectivity index (χ2n) is 2.03. The molecule has 2 aromatic rings. The number of halogens is 1. The van der Waals surface area contributed by atoms with Crippen LogP contribution in [0.4, 0.5) is 0 Å². The summed E-state index contributed by atoms with van der Waals surface area (Å²) in [5.74, 6) is 0.